The third-order valence-corrected chi connectivity index (χ3v) is 7.31. The molecule has 168 valence electrons. The Morgan fingerprint density at radius 3 is 2.67 bits per heavy atom. The largest absolute Gasteiger partial charge is 0.481 e. The van der Waals surface area contributed by atoms with Crippen LogP contribution >= 0.6 is 0 Å². The third-order valence-electron chi connectivity index (χ3n) is 7.31. The normalized spacial score (nSPS) is 36.8. The van der Waals surface area contributed by atoms with Crippen LogP contribution in [0.4, 0.5) is 0 Å². The minimum absolute atomic E-state index is 0.0979. The first-order chi connectivity index (χ1) is 14.2. The highest BCUT2D eigenvalue weighted by molar-refractivity contribution is 5.98. The number of aliphatic hydroxyl groups is 1. The number of rotatable bonds is 10. The van der Waals surface area contributed by atoms with E-state index in [1.54, 1.807) is 17.9 Å². The monoisotopic (exact) mass is 422 g/mol. The van der Waals surface area contributed by atoms with Gasteiger partial charge in [-0.25, -0.2) is 0 Å². The number of carboxylic acids is 1. The number of carboxylic acid groups (broad SMARTS) is 1. The Bertz CT molecular complexity index is 726. The Hall–Kier alpha value is -1.93. The predicted molar refractivity (Wildman–Crippen MR) is 110 cm³/mol. The van der Waals surface area contributed by atoms with Gasteiger partial charge in [-0.15, -0.1) is 6.58 Å². The minimum Gasteiger partial charge on any atom is -0.481 e. The Kier molecular flexibility index (Phi) is 6.30. The number of carbonyl (C=O) groups is 3. The van der Waals surface area contributed by atoms with Gasteiger partial charge in [-0.05, 0) is 32.1 Å². The van der Waals surface area contributed by atoms with Gasteiger partial charge in [0.05, 0.1) is 11.5 Å². The molecule has 3 heterocycles. The fourth-order valence-electron chi connectivity index (χ4n) is 5.84. The second-order valence-corrected chi connectivity index (χ2v) is 9.08. The summed E-state index contributed by atoms with van der Waals surface area (Å²) in [6.07, 6.45) is 4.18. The van der Waals surface area contributed by atoms with Crippen LogP contribution in [0, 0.1) is 17.8 Å². The van der Waals surface area contributed by atoms with Crippen molar-refractivity contribution in [3.8, 4) is 0 Å². The number of nitrogens with zero attached hydrogens (tertiary/aromatic N) is 2. The van der Waals surface area contributed by atoms with E-state index in [0.29, 0.717) is 25.9 Å². The van der Waals surface area contributed by atoms with Crippen molar-refractivity contribution < 1.29 is 29.3 Å². The molecule has 0 aromatic rings. The molecule has 8 heteroatoms. The van der Waals surface area contributed by atoms with Crippen molar-refractivity contribution >= 4 is 17.8 Å². The molecular formula is C22H34N2O6. The van der Waals surface area contributed by atoms with E-state index in [1.807, 2.05) is 13.8 Å². The zero-order valence-corrected chi connectivity index (χ0v) is 18.2. The Morgan fingerprint density at radius 2 is 2.10 bits per heavy atom. The summed E-state index contributed by atoms with van der Waals surface area (Å²) in [6, 6.07) is -0.882. The van der Waals surface area contributed by atoms with E-state index in [2.05, 4.69) is 6.58 Å². The molecule has 0 saturated carbocycles. The highest BCUT2D eigenvalue weighted by Crippen LogP contribution is 2.65. The standard InChI is InChI=1S/C22H34N2O6/c1-5-7-10-23(9-6-2)19(27)17-22-13-14(3)21(4,30-22)16(20(28)29)15(22)18(26)24(17)11-8-12-25/h6,14-17,25H,2,5,7-13H2,1,3-4H3,(H,28,29)/t14?,15-,16-,17?,21+,22?/m0/s1. The quantitative estimate of drug-likeness (QED) is 0.514. The summed E-state index contributed by atoms with van der Waals surface area (Å²) < 4.78 is 6.43. The van der Waals surface area contributed by atoms with Crippen molar-refractivity contribution in [2.45, 2.75) is 63.7 Å². The Morgan fingerprint density at radius 1 is 1.40 bits per heavy atom. The predicted octanol–water partition coefficient (Wildman–Crippen LogP) is 1.28. The zero-order valence-electron chi connectivity index (χ0n) is 18.2. The van der Waals surface area contributed by atoms with E-state index in [9.17, 15) is 24.6 Å². The molecule has 6 atom stereocenters. The van der Waals surface area contributed by atoms with Gasteiger partial charge in [0.2, 0.25) is 11.8 Å². The van der Waals surface area contributed by atoms with E-state index in [0.717, 1.165) is 12.8 Å². The molecule has 3 rings (SSSR count). The van der Waals surface area contributed by atoms with Gasteiger partial charge in [0.25, 0.3) is 0 Å². The highest BCUT2D eigenvalue weighted by Gasteiger charge is 2.80. The molecule has 3 fully saturated rings. The van der Waals surface area contributed by atoms with Crippen LogP contribution < -0.4 is 0 Å². The number of hydrogen-bond donors (Lipinski definition) is 2. The van der Waals surface area contributed by atoms with Crippen LogP contribution in [0.1, 0.15) is 46.5 Å². The average molecular weight is 423 g/mol. The molecule has 3 aliphatic heterocycles. The van der Waals surface area contributed by atoms with Gasteiger partial charge >= 0.3 is 5.97 Å². The van der Waals surface area contributed by atoms with Crippen LogP contribution in [-0.4, -0.2) is 81.3 Å². The molecule has 3 saturated heterocycles. The van der Waals surface area contributed by atoms with Gasteiger partial charge in [-0.3, -0.25) is 14.4 Å². The fraction of sp³-hybridized carbons (Fsp3) is 0.773. The lowest BCUT2D eigenvalue weighted by atomic mass is 9.62. The topological polar surface area (TPSA) is 107 Å². The number of amides is 2. The van der Waals surface area contributed by atoms with Crippen molar-refractivity contribution in [2.24, 2.45) is 17.8 Å². The summed E-state index contributed by atoms with van der Waals surface area (Å²) >= 11 is 0. The van der Waals surface area contributed by atoms with Crippen LogP contribution in [0.3, 0.4) is 0 Å². The summed E-state index contributed by atoms with van der Waals surface area (Å²) in [7, 11) is 0. The number of aliphatic carboxylic acids is 1. The van der Waals surface area contributed by atoms with Crippen molar-refractivity contribution in [2.75, 3.05) is 26.2 Å². The number of aliphatic hydroxyl groups excluding tert-OH is 1. The summed E-state index contributed by atoms with van der Waals surface area (Å²) in [4.78, 5) is 42.6. The van der Waals surface area contributed by atoms with E-state index < -0.39 is 35.0 Å². The molecule has 0 radical (unpaired) electrons. The molecule has 1 spiro atoms. The molecule has 0 aromatic carbocycles. The van der Waals surface area contributed by atoms with Gasteiger partial charge in [-0.1, -0.05) is 26.3 Å². The molecule has 2 N–H and O–H groups in total. The van der Waals surface area contributed by atoms with Gasteiger partial charge in [-0.2, -0.15) is 0 Å². The van der Waals surface area contributed by atoms with Crippen molar-refractivity contribution in [3.05, 3.63) is 12.7 Å². The third kappa shape index (κ3) is 3.15. The second-order valence-electron chi connectivity index (χ2n) is 9.08. The van der Waals surface area contributed by atoms with Crippen LogP contribution in [0.15, 0.2) is 12.7 Å². The molecule has 3 aliphatic rings. The first kappa shape index (κ1) is 22.7. The first-order valence-electron chi connectivity index (χ1n) is 10.9. The minimum atomic E-state index is -1.15. The lowest BCUT2D eigenvalue weighted by molar-refractivity contribution is -0.158. The van der Waals surface area contributed by atoms with Gasteiger partial charge in [0.1, 0.15) is 17.6 Å². The number of hydrogen-bond acceptors (Lipinski definition) is 5. The molecule has 3 unspecified atom stereocenters. The lowest BCUT2D eigenvalue weighted by Crippen LogP contribution is -2.56. The van der Waals surface area contributed by atoms with E-state index in [-0.39, 0.29) is 30.9 Å². The smallest absolute Gasteiger partial charge is 0.310 e. The number of carbonyl (C=O) groups excluding carboxylic acids is 2. The molecule has 2 amide bonds. The summed E-state index contributed by atoms with van der Waals surface area (Å²) in [6.45, 7) is 10.5. The molecule has 2 bridgehead atoms. The van der Waals surface area contributed by atoms with Crippen LogP contribution in [0.25, 0.3) is 0 Å². The van der Waals surface area contributed by atoms with E-state index in [4.69, 9.17) is 4.74 Å². The Labute approximate surface area is 177 Å². The Balaban J connectivity index is 2.06. The maximum Gasteiger partial charge on any atom is 0.310 e. The lowest BCUT2D eigenvalue weighted by Gasteiger charge is -2.37. The van der Waals surface area contributed by atoms with Gasteiger partial charge < -0.3 is 24.7 Å². The van der Waals surface area contributed by atoms with E-state index in [1.165, 1.54) is 4.90 Å². The first-order valence-corrected chi connectivity index (χ1v) is 10.9. The summed E-state index contributed by atoms with van der Waals surface area (Å²) in [5.74, 6) is -3.61. The maximum atomic E-state index is 13.8. The van der Waals surface area contributed by atoms with E-state index >= 15 is 0 Å². The summed E-state index contributed by atoms with van der Waals surface area (Å²) in [5, 5.41) is 19.3. The fourth-order valence-corrected chi connectivity index (χ4v) is 5.84. The van der Waals surface area contributed by atoms with Crippen LogP contribution in [0.2, 0.25) is 0 Å². The number of unbranched alkanes of at least 4 members (excludes halogenated alkanes) is 1. The number of fused-ring (bicyclic) bond motifs is 1. The highest BCUT2D eigenvalue weighted by atomic mass is 16.5. The van der Waals surface area contributed by atoms with Crippen LogP contribution in [-0.2, 0) is 19.1 Å². The number of likely N-dealkylation sites (tertiary alicyclic amines) is 1. The maximum absolute atomic E-state index is 13.8. The molecule has 30 heavy (non-hydrogen) atoms. The van der Waals surface area contributed by atoms with Crippen molar-refractivity contribution in [1.29, 1.82) is 0 Å². The summed E-state index contributed by atoms with van der Waals surface area (Å²) in [5.41, 5.74) is -2.13. The van der Waals surface area contributed by atoms with Gasteiger partial charge in [0.15, 0.2) is 0 Å². The van der Waals surface area contributed by atoms with Crippen molar-refractivity contribution in [3.63, 3.8) is 0 Å². The molecule has 0 aromatic heterocycles. The SMILES string of the molecule is C=CCN(CCCC)C(=O)C1N(CCCO)C(=O)[C@@H]2[C@@H](C(=O)O)[C@]3(C)OC12CC3C. The zero-order chi connectivity index (χ0) is 22.3. The molecular weight excluding hydrogens is 388 g/mol. The molecule has 0 aliphatic carbocycles. The number of ether oxygens (including phenoxy) is 1. The van der Waals surface area contributed by atoms with Crippen LogP contribution in [0.5, 0.6) is 0 Å². The average Bonchev–Trinajstić information content (AvgIpc) is 3.20. The van der Waals surface area contributed by atoms with Crippen molar-refractivity contribution in [1.82, 2.24) is 9.80 Å². The molecule has 8 nitrogen and oxygen atoms in total. The van der Waals surface area contributed by atoms with Gasteiger partial charge in [0, 0.05) is 26.2 Å². The second kappa shape index (κ2) is 8.30.